The maximum absolute atomic E-state index is 11.8. The van der Waals surface area contributed by atoms with Crippen molar-refractivity contribution in [2.75, 3.05) is 6.54 Å². The summed E-state index contributed by atoms with van der Waals surface area (Å²) in [7, 11) is 0. The second-order valence-electron chi connectivity index (χ2n) is 4.20. The molecule has 0 saturated heterocycles. The lowest BCUT2D eigenvalue weighted by molar-refractivity contribution is 0.0944. The summed E-state index contributed by atoms with van der Waals surface area (Å²) in [6.45, 7) is 2.41. The fraction of sp³-hybridized carbons (Fsp3) is 0.333. The van der Waals surface area contributed by atoms with Gasteiger partial charge in [-0.2, -0.15) is 0 Å². The van der Waals surface area contributed by atoms with Crippen molar-refractivity contribution in [3.63, 3.8) is 0 Å². The third-order valence-corrected chi connectivity index (χ3v) is 3.69. The first-order valence-electron chi connectivity index (χ1n) is 5.82. The maximum Gasteiger partial charge on any atom is 0.273 e. The van der Waals surface area contributed by atoms with Gasteiger partial charge in [-0.15, -0.1) is 11.3 Å². The highest BCUT2D eigenvalue weighted by Gasteiger charge is 2.14. The smallest absolute Gasteiger partial charge is 0.273 e. The van der Waals surface area contributed by atoms with Crippen molar-refractivity contribution < 1.29 is 9.32 Å². The zero-order valence-electron chi connectivity index (χ0n) is 10.4. The number of nitrogens with zero attached hydrogens (tertiary/aromatic N) is 1. The molecule has 0 aliphatic heterocycles. The standard InChI is InChI=1S/C12H14ClN3O2S/c1-7(14)4-5-15-12(17)8-6-9(18-16-8)10-2-3-11(13)19-10/h2-3,6-7H,4-5,14H2,1H3,(H,15,17). The van der Waals surface area contributed by atoms with Crippen molar-refractivity contribution in [2.24, 2.45) is 5.73 Å². The van der Waals surface area contributed by atoms with Gasteiger partial charge in [-0.1, -0.05) is 16.8 Å². The molecule has 2 aromatic heterocycles. The predicted molar refractivity (Wildman–Crippen MR) is 75.4 cm³/mol. The molecule has 3 N–H and O–H groups in total. The van der Waals surface area contributed by atoms with Gasteiger partial charge in [-0.3, -0.25) is 4.79 Å². The quantitative estimate of drug-likeness (QED) is 0.889. The minimum absolute atomic E-state index is 0.0569. The van der Waals surface area contributed by atoms with Crippen LogP contribution in [0.4, 0.5) is 0 Å². The lowest BCUT2D eigenvalue weighted by Gasteiger charge is -2.04. The Bertz CT molecular complexity index is 565. The Morgan fingerprint density at radius 2 is 2.42 bits per heavy atom. The van der Waals surface area contributed by atoms with E-state index >= 15 is 0 Å². The molecule has 1 unspecified atom stereocenters. The second kappa shape index (κ2) is 6.18. The summed E-state index contributed by atoms with van der Waals surface area (Å²) < 4.78 is 5.79. The molecule has 0 aromatic carbocycles. The summed E-state index contributed by atoms with van der Waals surface area (Å²) in [6, 6.07) is 5.25. The molecule has 2 heterocycles. The molecule has 19 heavy (non-hydrogen) atoms. The van der Waals surface area contributed by atoms with Crippen molar-refractivity contribution in [3.05, 3.63) is 28.2 Å². The van der Waals surface area contributed by atoms with Gasteiger partial charge in [-0.25, -0.2) is 0 Å². The van der Waals surface area contributed by atoms with Crippen LogP contribution in [0.5, 0.6) is 0 Å². The van der Waals surface area contributed by atoms with E-state index < -0.39 is 0 Å². The van der Waals surface area contributed by atoms with Gasteiger partial charge in [0.2, 0.25) is 0 Å². The van der Waals surface area contributed by atoms with E-state index in [4.69, 9.17) is 21.9 Å². The third kappa shape index (κ3) is 3.79. The minimum atomic E-state index is -0.265. The Balaban J connectivity index is 1.98. The lowest BCUT2D eigenvalue weighted by Crippen LogP contribution is -2.29. The van der Waals surface area contributed by atoms with Gasteiger partial charge in [0.05, 0.1) is 9.21 Å². The maximum atomic E-state index is 11.8. The number of nitrogens with one attached hydrogen (secondary N) is 1. The average Bonchev–Trinajstić information content (AvgIpc) is 2.96. The van der Waals surface area contributed by atoms with Crippen LogP contribution in [-0.2, 0) is 0 Å². The van der Waals surface area contributed by atoms with Crippen LogP contribution in [0.3, 0.4) is 0 Å². The zero-order chi connectivity index (χ0) is 13.8. The molecule has 2 aromatic rings. The molecule has 0 bridgehead atoms. The molecule has 0 radical (unpaired) electrons. The number of hydrogen-bond donors (Lipinski definition) is 2. The van der Waals surface area contributed by atoms with Gasteiger partial charge in [0, 0.05) is 18.7 Å². The van der Waals surface area contributed by atoms with Crippen molar-refractivity contribution in [1.82, 2.24) is 10.5 Å². The summed E-state index contributed by atoms with van der Waals surface area (Å²) in [4.78, 5) is 12.6. The van der Waals surface area contributed by atoms with Crippen LogP contribution < -0.4 is 11.1 Å². The van der Waals surface area contributed by atoms with Crippen LogP contribution in [0, 0.1) is 0 Å². The first-order valence-corrected chi connectivity index (χ1v) is 7.02. The van der Waals surface area contributed by atoms with Gasteiger partial charge in [0.25, 0.3) is 5.91 Å². The van der Waals surface area contributed by atoms with Crippen LogP contribution in [0.25, 0.3) is 10.6 Å². The number of carbonyl (C=O) groups excluding carboxylic acids is 1. The summed E-state index contributed by atoms with van der Waals surface area (Å²) in [6.07, 6.45) is 0.719. The monoisotopic (exact) mass is 299 g/mol. The number of amides is 1. The van der Waals surface area contributed by atoms with E-state index in [1.165, 1.54) is 11.3 Å². The Labute approximate surface area is 119 Å². The molecule has 0 spiro atoms. The van der Waals surface area contributed by atoms with Crippen LogP contribution in [-0.4, -0.2) is 23.7 Å². The number of hydrogen-bond acceptors (Lipinski definition) is 5. The molecule has 1 amide bonds. The van der Waals surface area contributed by atoms with Gasteiger partial charge in [0.1, 0.15) is 0 Å². The van der Waals surface area contributed by atoms with Gasteiger partial charge >= 0.3 is 0 Å². The molecule has 0 aliphatic rings. The molecule has 102 valence electrons. The highest BCUT2D eigenvalue weighted by molar-refractivity contribution is 7.19. The number of thiophene rings is 1. The first kappa shape index (κ1) is 14.0. The van der Waals surface area contributed by atoms with Gasteiger partial charge in [-0.05, 0) is 25.5 Å². The molecule has 7 heteroatoms. The Morgan fingerprint density at radius 3 is 3.05 bits per heavy atom. The molecule has 0 fully saturated rings. The van der Waals surface area contributed by atoms with E-state index in [0.717, 1.165) is 11.3 Å². The van der Waals surface area contributed by atoms with Crippen molar-refractivity contribution in [3.8, 4) is 10.6 Å². The molecule has 1 atom stereocenters. The number of aromatic nitrogens is 1. The largest absolute Gasteiger partial charge is 0.355 e. The summed E-state index contributed by atoms with van der Waals surface area (Å²) in [5.74, 6) is 0.271. The van der Waals surface area contributed by atoms with Gasteiger partial charge in [0.15, 0.2) is 11.5 Å². The van der Waals surface area contributed by atoms with E-state index in [2.05, 4.69) is 10.5 Å². The molecular formula is C12H14ClN3O2S. The first-order chi connectivity index (χ1) is 9.06. The second-order valence-corrected chi connectivity index (χ2v) is 5.92. The van der Waals surface area contributed by atoms with E-state index in [9.17, 15) is 4.79 Å². The predicted octanol–water partition coefficient (Wildman–Crippen LogP) is 2.52. The molecule has 2 rings (SSSR count). The molecule has 0 aliphatic carbocycles. The van der Waals surface area contributed by atoms with E-state index in [1.807, 2.05) is 13.0 Å². The van der Waals surface area contributed by atoms with Crippen molar-refractivity contribution in [1.29, 1.82) is 0 Å². The van der Waals surface area contributed by atoms with Crippen LogP contribution >= 0.6 is 22.9 Å². The molecule has 0 saturated carbocycles. The normalized spacial score (nSPS) is 12.4. The highest BCUT2D eigenvalue weighted by atomic mass is 35.5. The summed E-state index contributed by atoms with van der Waals surface area (Å²) in [5, 5.41) is 6.48. The lowest BCUT2D eigenvalue weighted by atomic mass is 10.2. The molecule has 5 nitrogen and oxygen atoms in total. The Hall–Kier alpha value is -1.37. The number of rotatable bonds is 5. The number of nitrogens with two attached hydrogens (primary N) is 1. The summed E-state index contributed by atoms with van der Waals surface area (Å²) >= 11 is 7.21. The average molecular weight is 300 g/mol. The van der Waals surface area contributed by atoms with Gasteiger partial charge < -0.3 is 15.6 Å². The number of carbonyl (C=O) groups is 1. The van der Waals surface area contributed by atoms with Crippen LogP contribution in [0.15, 0.2) is 22.7 Å². The fourth-order valence-electron chi connectivity index (χ4n) is 1.45. The third-order valence-electron chi connectivity index (χ3n) is 2.44. The number of halogens is 1. The Kier molecular flexibility index (Phi) is 4.57. The fourth-order valence-corrected chi connectivity index (χ4v) is 2.44. The van der Waals surface area contributed by atoms with E-state index in [0.29, 0.717) is 16.6 Å². The van der Waals surface area contributed by atoms with E-state index in [1.54, 1.807) is 12.1 Å². The Morgan fingerprint density at radius 1 is 1.63 bits per heavy atom. The van der Waals surface area contributed by atoms with Crippen molar-refractivity contribution in [2.45, 2.75) is 19.4 Å². The topological polar surface area (TPSA) is 81.1 Å². The molecular weight excluding hydrogens is 286 g/mol. The van der Waals surface area contributed by atoms with Crippen molar-refractivity contribution >= 4 is 28.8 Å². The van der Waals surface area contributed by atoms with Crippen LogP contribution in [0.2, 0.25) is 4.34 Å². The van der Waals surface area contributed by atoms with E-state index in [-0.39, 0.29) is 17.6 Å². The minimum Gasteiger partial charge on any atom is -0.355 e. The summed E-state index contributed by atoms with van der Waals surface area (Å²) in [5.41, 5.74) is 5.86. The zero-order valence-corrected chi connectivity index (χ0v) is 11.9. The SMILES string of the molecule is CC(N)CCNC(=O)c1cc(-c2ccc(Cl)s2)on1. The highest BCUT2D eigenvalue weighted by Crippen LogP contribution is 2.31. The van der Waals surface area contributed by atoms with Crippen LogP contribution in [0.1, 0.15) is 23.8 Å².